The van der Waals surface area contributed by atoms with E-state index < -0.39 is 53.1 Å². The number of ketones is 1. The van der Waals surface area contributed by atoms with Gasteiger partial charge in [-0.2, -0.15) is 0 Å². The summed E-state index contributed by atoms with van der Waals surface area (Å²) >= 11 is 0. The van der Waals surface area contributed by atoms with Gasteiger partial charge >= 0.3 is 12.1 Å². The minimum absolute atomic E-state index is 0.120. The lowest BCUT2D eigenvalue weighted by molar-refractivity contribution is -0.170. The first-order chi connectivity index (χ1) is 22.3. The number of unbranched alkanes of at least 4 members (excludes halogenated alkanes) is 1. The van der Waals surface area contributed by atoms with Crippen LogP contribution in [-0.4, -0.2) is 100 Å². The number of carbonyl (C=O) groups excluding carboxylic acids is 3. The van der Waals surface area contributed by atoms with Gasteiger partial charge in [0.15, 0.2) is 5.60 Å². The zero-order valence-electron chi connectivity index (χ0n) is 29.1. The Hall–Kier alpha value is -3.32. The number of Topliss-reactive ketones (excluding diaryl/α,β-unsaturated/α-hetero) is 1. The third-order valence-electron chi connectivity index (χ3n) is 10.2. The van der Waals surface area contributed by atoms with Gasteiger partial charge in [0.2, 0.25) is 0 Å². The number of nitrogens with one attached hydrogen (secondary N) is 1. The van der Waals surface area contributed by atoms with E-state index >= 15 is 0 Å². The third kappa shape index (κ3) is 7.88. The molecule has 2 fully saturated rings. The molecule has 4 rings (SSSR count). The number of cyclic esters (lactones) is 1. The first kappa shape index (κ1) is 36.5. The molecule has 0 bridgehead atoms. The third-order valence-corrected chi connectivity index (χ3v) is 10.2. The minimum Gasteiger partial charge on any atom is -0.458 e. The first-order valence-corrected chi connectivity index (χ1v) is 16.8. The summed E-state index contributed by atoms with van der Waals surface area (Å²) < 4.78 is 19.9. The molecule has 0 spiro atoms. The van der Waals surface area contributed by atoms with Gasteiger partial charge in [-0.3, -0.25) is 24.2 Å². The second-order valence-corrected chi connectivity index (χ2v) is 13.8. The molecule has 0 saturated carbocycles. The number of pyridine rings is 1. The normalized spacial score (nSPS) is 34.3. The number of hydrogen-bond donors (Lipinski definition) is 1. The molecule has 9 atom stereocenters. The quantitative estimate of drug-likeness (QED) is 0.191. The maximum absolute atomic E-state index is 13.5. The second kappa shape index (κ2) is 15.3. The summed E-state index contributed by atoms with van der Waals surface area (Å²) in [5, 5.41) is 12.1. The van der Waals surface area contributed by atoms with E-state index in [2.05, 4.69) is 27.5 Å². The molecular weight excluding hydrogens is 599 g/mol. The summed E-state index contributed by atoms with van der Waals surface area (Å²) in [6, 6.07) is 4.98. The van der Waals surface area contributed by atoms with Crippen molar-refractivity contribution in [2.75, 3.05) is 20.2 Å². The van der Waals surface area contributed by atoms with Crippen LogP contribution in [0.2, 0.25) is 5.82 Å². The minimum atomic E-state index is -1.16. The van der Waals surface area contributed by atoms with Gasteiger partial charge in [-0.15, -0.1) is 5.10 Å². The molecular formula is C34H51BN6O6. The first-order valence-electron chi connectivity index (χ1n) is 16.8. The average molecular weight is 651 g/mol. The smallest absolute Gasteiger partial charge is 0.410 e. The van der Waals surface area contributed by atoms with Crippen molar-refractivity contribution in [2.45, 2.75) is 116 Å². The number of hydrogen-bond acceptors (Lipinski definition) is 10. The Morgan fingerprint density at radius 1 is 1.09 bits per heavy atom. The van der Waals surface area contributed by atoms with Gasteiger partial charge in [-0.05, 0) is 83.8 Å². The molecule has 2 saturated heterocycles. The zero-order valence-corrected chi connectivity index (χ0v) is 29.1. The Morgan fingerprint density at radius 2 is 1.81 bits per heavy atom. The number of methoxy groups -OCH3 is 1. The summed E-state index contributed by atoms with van der Waals surface area (Å²) in [7, 11) is 8.25. The molecule has 0 aromatic carbocycles. The molecule has 2 aliphatic heterocycles. The summed E-state index contributed by atoms with van der Waals surface area (Å²) in [5.74, 6) is -3.16. The van der Waals surface area contributed by atoms with Crippen LogP contribution < -0.4 is 5.32 Å². The molecule has 2 aromatic heterocycles. The molecule has 2 aliphatic rings. The Labute approximate surface area is 280 Å². The van der Waals surface area contributed by atoms with Crippen LogP contribution in [0.1, 0.15) is 74.1 Å². The van der Waals surface area contributed by atoms with Crippen molar-refractivity contribution in [3.63, 3.8) is 0 Å². The number of aromatic nitrogens is 4. The predicted octanol–water partition coefficient (Wildman–Crippen LogP) is 4.24. The Balaban J connectivity index is 1.54. The second-order valence-electron chi connectivity index (χ2n) is 13.8. The molecule has 4 heterocycles. The van der Waals surface area contributed by atoms with Crippen LogP contribution in [0.25, 0.3) is 11.4 Å². The van der Waals surface area contributed by atoms with Gasteiger partial charge in [-0.25, -0.2) is 4.79 Å². The van der Waals surface area contributed by atoms with E-state index in [0.29, 0.717) is 44.6 Å². The maximum Gasteiger partial charge on any atom is 0.410 e. The summed E-state index contributed by atoms with van der Waals surface area (Å²) in [6.07, 6.45) is 4.77. The highest BCUT2D eigenvalue weighted by Gasteiger charge is 2.58. The molecule has 0 aliphatic carbocycles. The van der Waals surface area contributed by atoms with E-state index in [0.717, 1.165) is 12.1 Å². The summed E-state index contributed by atoms with van der Waals surface area (Å²) in [4.78, 5) is 46.6. The van der Waals surface area contributed by atoms with E-state index in [9.17, 15) is 14.4 Å². The van der Waals surface area contributed by atoms with Crippen LogP contribution in [-0.2, 0) is 30.3 Å². The van der Waals surface area contributed by atoms with Gasteiger partial charge in [0.25, 0.3) is 0 Å². The molecule has 12 nitrogen and oxygen atoms in total. The van der Waals surface area contributed by atoms with E-state index in [1.54, 1.807) is 36.7 Å². The molecule has 47 heavy (non-hydrogen) atoms. The lowest BCUT2D eigenvalue weighted by Crippen LogP contribution is -2.61. The molecule has 1 amide bonds. The number of amides is 1. The van der Waals surface area contributed by atoms with E-state index in [1.165, 1.54) is 0 Å². The van der Waals surface area contributed by atoms with Crippen LogP contribution >= 0.6 is 0 Å². The predicted molar refractivity (Wildman–Crippen MR) is 178 cm³/mol. The van der Waals surface area contributed by atoms with Crippen LogP contribution in [0.15, 0.2) is 30.6 Å². The molecule has 13 heteroatoms. The number of nitrogens with zero attached hydrogens (tertiary/aromatic N) is 5. The van der Waals surface area contributed by atoms with Crippen molar-refractivity contribution in [1.82, 2.24) is 30.2 Å². The SMILES string of the molecule is [B][C@@H]1[C@@H](C)C(=O)[C@@H](C)C(=O)O[C@H](CC)[C@@]2(C)OC(=O)N(CCCCn3cc(-c4ccccn4)nn3)[C@@H]2[C@@H](C)NC[C@H](C)C[C@@]1(C)OC. The lowest BCUT2D eigenvalue weighted by Gasteiger charge is -2.41. The number of carbonyl (C=O) groups is 3. The fourth-order valence-electron chi connectivity index (χ4n) is 7.26. The van der Waals surface area contributed by atoms with Crippen molar-refractivity contribution in [2.24, 2.45) is 17.8 Å². The maximum atomic E-state index is 13.5. The Kier molecular flexibility index (Phi) is 11.9. The lowest BCUT2D eigenvalue weighted by atomic mass is 9.62. The average Bonchev–Trinajstić information content (AvgIpc) is 3.64. The molecule has 256 valence electrons. The number of aryl methyl sites for hydroxylation is 1. The number of esters is 1. The fourth-order valence-corrected chi connectivity index (χ4v) is 7.26. The topological polar surface area (TPSA) is 138 Å². The number of ether oxygens (including phenoxy) is 3. The van der Waals surface area contributed by atoms with Gasteiger partial charge < -0.3 is 19.5 Å². The van der Waals surface area contributed by atoms with E-state index in [4.69, 9.17) is 22.1 Å². The fraction of sp³-hybridized carbons (Fsp3) is 0.706. The van der Waals surface area contributed by atoms with Crippen LogP contribution in [0, 0.1) is 17.8 Å². The standard InChI is InChI=1S/C34H51BN6O6/c1-9-27-34(7)30(41(32(44)47-34)17-13-12-16-40-20-26(38-39-40)25-14-10-11-15-36-25)24(5)37-19-21(2)18-33(6,45-8)29(35)22(3)28(42)23(4)31(43)46-27/h10-11,14-15,20-24,27,29-30,37H,9,12-13,16-19H2,1-8H3/t21-,22+,23-,24-,27-,29-,30-,33-,34-/m1/s1. The highest BCUT2D eigenvalue weighted by Crippen LogP contribution is 2.40. The Bertz CT molecular complexity index is 1380. The molecule has 2 aromatic rings. The highest BCUT2D eigenvalue weighted by atomic mass is 16.6. The largest absolute Gasteiger partial charge is 0.458 e. The number of fused-ring (bicyclic) bond motifs is 1. The van der Waals surface area contributed by atoms with Crippen LogP contribution in [0.3, 0.4) is 0 Å². The monoisotopic (exact) mass is 650 g/mol. The van der Waals surface area contributed by atoms with Crippen molar-refractivity contribution in [1.29, 1.82) is 0 Å². The van der Waals surface area contributed by atoms with Crippen molar-refractivity contribution >= 4 is 25.7 Å². The van der Waals surface area contributed by atoms with E-state index in [-0.39, 0.29) is 17.7 Å². The van der Waals surface area contributed by atoms with E-state index in [1.807, 2.05) is 52.1 Å². The van der Waals surface area contributed by atoms with Crippen LogP contribution in [0.4, 0.5) is 4.79 Å². The van der Waals surface area contributed by atoms with Gasteiger partial charge in [0, 0.05) is 38.4 Å². The Morgan fingerprint density at radius 3 is 2.47 bits per heavy atom. The zero-order chi connectivity index (χ0) is 34.5. The van der Waals surface area contributed by atoms with Crippen molar-refractivity contribution < 1.29 is 28.6 Å². The molecule has 0 unspecified atom stereocenters. The van der Waals surface area contributed by atoms with Gasteiger partial charge in [0.1, 0.15) is 23.5 Å². The molecule has 2 radical (unpaired) electrons. The van der Waals surface area contributed by atoms with Crippen molar-refractivity contribution in [3.05, 3.63) is 30.6 Å². The highest BCUT2D eigenvalue weighted by molar-refractivity contribution is 6.15. The number of rotatable bonds is 8. The van der Waals surface area contributed by atoms with Crippen LogP contribution in [0.5, 0.6) is 0 Å². The van der Waals surface area contributed by atoms with Crippen molar-refractivity contribution in [3.8, 4) is 11.4 Å². The summed E-state index contributed by atoms with van der Waals surface area (Å²) in [5.41, 5.74) is -0.503. The molecule has 1 N–H and O–H groups in total. The van der Waals surface area contributed by atoms with Gasteiger partial charge in [0.05, 0.1) is 31.4 Å². The summed E-state index contributed by atoms with van der Waals surface area (Å²) in [6.45, 7) is 14.7. The van der Waals surface area contributed by atoms with Gasteiger partial charge in [-0.1, -0.05) is 32.1 Å².